The Morgan fingerprint density at radius 1 is 1.48 bits per heavy atom. The van der Waals surface area contributed by atoms with Crippen LogP contribution in [0.3, 0.4) is 0 Å². The second kappa shape index (κ2) is 7.80. The Morgan fingerprint density at radius 3 is 3.00 bits per heavy atom. The number of rotatable bonds is 7. The summed E-state index contributed by atoms with van der Waals surface area (Å²) in [6.07, 6.45) is 0.695. The van der Waals surface area contributed by atoms with E-state index in [0.717, 1.165) is 6.42 Å². The molecular formula is C14H20N2O5. The maximum atomic E-state index is 11.3. The van der Waals surface area contributed by atoms with E-state index in [1.54, 1.807) is 18.2 Å². The molecule has 1 saturated heterocycles. The third kappa shape index (κ3) is 4.30. The van der Waals surface area contributed by atoms with E-state index < -0.39 is 4.92 Å². The van der Waals surface area contributed by atoms with Crippen LogP contribution in [0, 0.1) is 10.1 Å². The molecule has 7 nitrogen and oxygen atoms in total. The van der Waals surface area contributed by atoms with Gasteiger partial charge in [-0.3, -0.25) is 10.1 Å². The molecule has 0 saturated carbocycles. The van der Waals surface area contributed by atoms with Crippen molar-refractivity contribution in [2.24, 2.45) is 0 Å². The first-order chi connectivity index (χ1) is 10.2. The molecule has 2 rings (SSSR count). The monoisotopic (exact) mass is 296 g/mol. The van der Waals surface area contributed by atoms with Gasteiger partial charge in [-0.2, -0.15) is 0 Å². The number of nitrogens with one attached hydrogen (secondary N) is 1. The SMILES string of the molecule is CCCOc1cccc(NCC2COCCO2)c1[N+](=O)[O-]. The van der Waals surface area contributed by atoms with E-state index in [0.29, 0.717) is 38.7 Å². The largest absolute Gasteiger partial charge is 0.487 e. The van der Waals surface area contributed by atoms with Gasteiger partial charge in [0.25, 0.3) is 0 Å². The van der Waals surface area contributed by atoms with Gasteiger partial charge in [0.15, 0.2) is 5.75 Å². The average Bonchev–Trinajstić information content (AvgIpc) is 2.51. The normalized spacial score (nSPS) is 18.2. The molecule has 1 atom stereocenters. The molecular weight excluding hydrogens is 276 g/mol. The van der Waals surface area contributed by atoms with Crippen molar-refractivity contribution in [1.82, 2.24) is 0 Å². The molecule has 1 heterocycles. The van der Waals surface area contributed by atoms with Crippen molar-refractivity contribution in [3.63, 3.8) is 0 Å². The molecule has 0 aromatic heterocycles. The fraction of sp³-hybridized carbons (Fsp3) is 0.571. The van der Waals surface area contributed by atoms with Crippen LogP contribution < -0.4 is 10.1 Å². The molecule has 1 aromatic carbocycles. The summed E-state index contributed by atoms with van der Waals surface area (Å²) in [6.45, 7) is 4.49. The summed E-state index contributed by atoms with van der Waals surface area (Å²) in [4.78, 5) is 10.9. The third-order valence-corrected chi connectivity index (χ3v) is 3.05. The molecule has 0 aliphatic carbocycles. The number of benzene rings is 1. The molecule has 7 heteroatoms. The zero-order chi connectivity index (χ0) is 15.1. The van der Waals surface area contributed by atoms with Crippen molar-refractivity contribution in [2.75, 3.05) is 38.3 Å². The Morgan fingerprint density at radius 2 is 2.33 bits per heavy atom. The van der Waals surface area contributed by atoms with Crippen molar-refractivity contribution in [2.45, 2.75) is 19.4 Å². The van der Waals surface area contributed by atoms with Crippen molar-refractivity contribution in [1.29, 1.82) is 0 Å². The molecule has 0 radical (unpaired) electrons. The number of nitrogens with zero attached hydrogens (tertiary/aromatic N) is 1. The smallest absolute Gasteiger partial charge is 0.333 e. The van der Waals surface area contributed by atoms with Gasteiger partial charge in [0.05, 0.1) is 37.5 Å². The zero-order valence-corrected chi connectivity index (χ0v) is 12.0. The molecule has 1 aliphatic heterocycles. The molecule has 1 aromatic rings. The number of hydrogen-bond donors (Lipinski definition) is 1. The van der Waals surface area contributed by atoms with Crippen molar-refractivity contribution >= 4 is 11.4 Å². The Bertz CT molecular complexity index is 474. The summed E-state index contributed by atoms with van der Waals surface area (Å²) in [7, 11) is 0. The minimum Gasteiger partial charge on any atom is -0.487 e. The lowest BCUT2D eigenvalue weighted by Crippen LogP contribution is -2.34. The summed E-state index contributed by atoms with van der Waals surface area (Å²) >= 11 is 0. The average molecular weight is 296 g/mol. The summed E-state index contributed by atoms with van der Waals surface area (Å²) in [6, 6.07) is 5.01. The van der Waals surface area contributed by atoms with Crippen LogP contribution in [0.15, 0.2) is 18.2 Å². The van der Waals surface area contributed by atoms with Crippen LogP contribution in [0.1, 0.15) is 13.3 Å². The molecule has 21 heavy (non-hydrogen) atoms. The van der Waals surface area contributed by atoms with E-state index in [9.17, 15) is 10.1 Å². The fourth-order valence-corrected chi connectivity index (χ4v) is 2.06. The number of nitro benzene ring substituents is 1. The van der Waals surface area contributed by atoms with Crippen LogP contribution in [-0.4, -0.2) is 44.0 Å². The Hall–Kier alpha value is -1.86. The van der Waals surface area contributed by atoms with Gasteiger partial charge in [0, 0.05) is 6.54 Å². The van der Waals surface area contributed by atoms with Crippen molar-refractivity contribution < 1.29 is 19.1 Å². The van der Waals surface area contributed by atoms with Crippen LogP contribution in [0.2, 0.25) is 0 Å². The third-order valence-electron chi connectivity index (χ3n) is 3.05. The minimum atomic E-state index is -0.425. The van der Waals surface area contributed by atoms with Gasteiger partial charge in [0.1, 0.15) is 5.69 Å². The molecule has 0 amide bonds. The van der Waals surface area contributed by atoms with E-state index in [1.165, 1.54) is 0 Å². The molecule has 0 spiro atoms. The first-order valence-corrected chi connectivity index (χ1v) is 7.05. The maximum Gasteiger partial charge on any atom is 0.333 e. The highest BCUT2D eigenvalue weighted by Gasteiger charge is 2.22. The second-order valence-corrected chi connectivity index (χ2v) is 4.71. The van der Waals surface area contributed by atoms with Gasteiger partial charge < -0.3 is 19.5 Å². The molecule has 1 N–H and O–H groups in total. The lowest BCUT2D eigenvalue weighted by atomic mass is 10.2. The van der Waals surface area contributed by atoms with Crippen LogP contribution in [0.25, 0.3) is 0 Å². The predicted octanol–water partition coefficient (Wildman–Crippen LogP) is 2.21. The number of para-hydroxylation sites is 1. The standard InChI is InChI=1S/C14H20N2O5/c1-2-6-21-13-5-3-4-12(14(13)16(17)18)15-9-11-10-19-7-8-20-11/h3-5,11,15H,2,6-10H2,1H3. The summed E-state index contributed by atoms with van der Waals surface area (Å²) < 4.78 is 16.3. The van der Waals surface area contributed by atoms with Gasteiger partial charge in [-0.15, -0.1) is 0 Å². The van der Waals surface area contributed by atoms with Crippen molar-refractivity contribution in [3.05, 3.63) is 28.3 Å². The van der Waals surface area contributed by atoms with E-state index in [2.05, 4.69) is 5.32 Å². The van der Waals surface area contributed by atoms with E-state index in [-0.39, 0.29) is 17.5 Å². The highest BCUT2D eigenvalue weighted by atomic mass is 16.6. The van der Waals surface area contributed by atoms with E-state index in [1.807, 2.05) is 6.92 Å². The van der Waals surface area contributed by atoms with Gasteiger partial charge in [0.2, 0.25) is 0 Å². The summed E-state index contributed by atoms with van der Waals surface area (Å²) in [5.74, 6) is 0.285. The maximum absolute atomic E-state index is 11.3. The van der Waals surface area contributed by atoms with E-state index >= 15 is 0 Å². The number of nitro groups is 1. The van der Waals surface area contributed by atoms with Crippen LogP contribution in [0.5, 0.6) is 5.75 Å². The molecule has 1 aliphatic rings. The Balaban J connectivity index is 2.07. The van der Waals surface area contributed by atoms with Crippen LogP contribution in [-0.2, 0) is 9.47 Å². The number of hydrogen-bond acceptors (Lipinski definition) is 6. The summed E-state index contributed by atoms with van der Waals surface area (Å²) in [5.41, 5.74) is 0.394. The first-order valence-electron chi connectivity index (χ1n) is 7.05. The Labute approximate surface area is 123 Å². The van der Waals surface area contributed by atoms with Gasteiger partial charge >= 0.3 is 5.69 Å². The molecule has 116 valence electrons. The highest BCUT2D eigenvalue weighted by molar-refractivity contribution is 5.68. The zero-order valence-electron chi connectivity index (χ0n) is 12.0. The second-order valence-electron chi connectivity index (χ2n) is 4.71. The summed E-state index contributed by atoms with van der Waals surface area (Å²) in [5, 5.41) is 14.3. The van der Waals surface area contributed by atoms with E-state index in [4.69, 9.17) is 14.2 Å². The van der Waals surface area contributed by atoms with Crippen LogP contribution in [0.4, 0.5) is 11.4 Å². The quantitative estimate of drug-likeness (QED) is 0.613. The van der Waals surface area contributed by atoms with Gasteiger partial charge in [-0.1, -0.05) is 13.0 Å². The molecule has 0 bridgehead atoms. The Kier molecular flexibility index (Phi) is 5.77. The first kappa shape index (κ1) is 15.5. The van der Waals surface area contributed by atoms with Gasteiger partial charge in [-0.05, 0) is 18.6 Å². The molecule has 1 fully saturated rings. The predicted molar refractivity (Wildman–Crippen MR) is 77.9 cm³/mol. The lowest BCUT2D eigenvalue weighted by molar-refractivity contribution is -0.385. The van der Waals surface area contributed by atoms with Gasteiger partial charge in [-0.25, -0.2) is 0 Å². The molecule has 1 unspecified atom stereocenters. The highest BCUT2D eigenvalue weighted by Crippen LogP contribution is 2.34. The van der Waals surface area contributed by atoms with Crippen molar-refractivity contribution in [3.8, 4) is 5.75 Å². The van der Waals surface area contributed by atoms with Crippen LogP contribution >= 0.6 is 0 Å². The minimum absolute atomic E-state index is 0.0392. The number of ether oxygens (including phenoxy) is 3. The fourth-order valence-electron chi connectivity index (χ4n) is 2.06. The lowest BCUT2D eigenvalue weighted by Gasteiger charge is -2.23. The number of anilines is 1. The topological polar surface area (TPSA) is 82.9 Å².